The molecule has 1 saturated heterocycles. The number of amides is 2. The number of ether oxygens (including phenoxy) is 2. The van der Waals surface area contributed by atoms with Gasteiger partial charge in [0.25, 0.3) is 15.9 Å². The van der Waals surface area contributed by atoms with Gasteiger partial charge in [-0.1, -0.05) is 6.07 Å². The summed E-state index contributed by atoms with van der Waals surface area (Å²) in [5, 5.41) is 2.86. The molecule has 33 heavy (non-hydrogen) atoms. The molecule has 2 aromatic rings. The molecule has 1 aliphatic heterocycles. The molecule has 1 fully saturated rings. The number of hydrogen-bond acceptors (Lipinski definition) is 6. The maximum Gasteiger partial charge on any atom is 0.262 e. The molecule has 0 saturated carbocycles. The molecule has 2 amide bonds. The van der Waals surface area contributed by atoms with Crippen LogP contribution in [0.1, 0.15) is 29.6 Å². The minimum Gasteiger partial charge on any atom is -0.497 e. The molecule has 178 valence electrons. The van der Waals surface area contributed by atoms with Crippen LogP contribution in [0.5, 0.6) is 5.75 Å². The van der Waals surface area contributed by atoms with E-state index in [1.807, 2.05) is 0 Å². The molecule has 1 heterocycles. The van der Waals surface area contributed by atoms with E-state index in [2.05, 4.69) is 10.0 Å². The van der Waals surface area contributed by atoms with Gasteiger partial charge in [-0.3, -0.25) is 14.3 Å². The SMILES string of the molecule is COCCCNC(=O)C1CCCN1C(=O)c1ccc(NS(=O)(=O)c2cccc(OC)c2)cc1. The standard InChI is InChI=1S/C23H29N3O6S/c1-31-15-5-13-24-22(27)21-8-4-14-26(21)23(28)17-9-11-18(12-10-17)25-33(29,30)20-7-3-6-19(16-20)32-2/h3,6-7,9-12,16,21,25H,4-5,8,13-15H2,1-2H3,(H,24,27). The van der Waals surface area contributed by atoms with Crippen molar-refractivity contribution in [2.45, 2.75) is 30.2 Å². The lowest BCUT2D eigenvalue weighted by Gasteiger charge is -2.24. The van der Waals surface area contributed by atoms with Gasteiger partial charge in [0.1, 0.15) is 11.8 Å². The number of hydrogen-bond donors (Lipinski definition) is 2. The predicted octanol–water partition coefficient (Wildman–Crippen LogP) is 2.25. The number of nitrogens with one attached hydrogen (secondary N) is 2. The fourth-order valence-corrected chi connectivity index (χ4v) is 4.75. The molecular weight excluding hydrogens is 446 g/mol. The molecule has 2 N–H and O–H groups in total. The van der Waals surface area contributed by atoms with Gasteiger partial charge in [0.2, 0.25) is 5.91 Å². The van der Waals surface area contributed by atoms with E-state index in [9.17, 15) is 18.0 Å². The molecule has 1 unspecified atom stereocenters. The fraction of sp³-hybridized carbons (Fsp3) is 0.391. The number of carbonyl (C=O) groups is 2. The van der Waals surface area contributed by atoms with E-state index in [1.165, 1.54) is 31.4 Å². The summed E-state index contributed by atoms with van der Waals surface area (Å²) in [7, 11) is -0.746. The zero-order valence-corrected chi connectivity index (χ0v) is 19.6. The van der Waals surface area contributed by atoms with Crippen LogP contribution in [-0.2, 0) is 19.6 Å². The van der Waals surface area contributed by atoms with Gasteiger partial charge < -0.3 is 19.7 Å². The second-order valence-electron chi connectivity index (χ2n) is 7.66. The Kier molecular flexibility index (Phi) is 8.29. The van der Waals surface area contributed by atoms with Crippen LogP contribution in [0, 0.1) is 0 Å². The van der Waals surface area contributed by atoms with Crippen molar-refractivity contribution in [3.05, 3.63) is 54.1 Å². The average molecular weight is 476 g/mol. The Bertz CT molecular complexity index is 1070. The topological polar surface area (TPSA) is 114 Å². The first-order valence-corrected chi connectivity index (χ1v) is 12.2. The number of carbonyl (C=O) groups excluding carboxylic acids is 2. The Morgan fingerprint density at radius 1 is 1.12 bits per heavy atom. The van der Waals surface area contributed by atoms with Gasteiger partial charge in [0.15, 0.2) is 0 Å². The second-order valence-corrected chi connectivity index (χ2v) is 9.34. The van der Waals surface area contributed by atoms with E-state index >= 15 is 0 Å². The first-order valence-electron chi connectivity index (χ1n) is 10.7. The monoisotopic (exact) mass is 475 g/mol. The summed E-state index contributed by atoms with van der Waals surface area (Å²) >= 11 is 0. The predicted molar refractivity (Wildman–Crippen MR) is 124 cm³/mol. The van der Waals surface area contributed by atoms with Gasteiger partial charge >= 0.3 is 0 Å². The molecule has 0 aromatic heterocycles. The Morgan fingerprint density at radius 3 is 2.58 bits per heavy atom. The quantitative estimate of drug-likeness (QED) is 0.510. The number of methoxy groups -OCH3 is 2. The van der Waals surface area contributed by atoms with Crippen LogP contribution in [0.3, 0.4) is 0 Å². The molecule has 1 atom stereocenters. The van der Waals surface area contributed by atoms with Gasteiger partial charge in [0, 0.05) is 44.1 Å². The van der Waals surface area contributed by atoms with Crippen LogP contribution in [0.15, 0.2) is 53.4 Å². The summed E-state index contributed by atoms with van der Waals surface area (Å²) in [5.41, 5.74) is 0.710. The van der Waals surface area contributed by atoms with Crippen LogP contribution >= 0.6 is 0 Å². The lowest BCUT2D eigenvalue weighted by Crippen LogP contribution is -2.46. The van der Waals surface area contributed by atoms with Gasteiger partial charge in [-0.2, -0.15) is 0 Å². The first-order chi connectivity index (χ1) is 15.9. The largest absolute Gasteiger partial charge is 0.497 e. The maximum atomic E-state index is 13.0. The highest BCUT2D eigenvalue weighted by molar-refractivity contribution is 7.92. The van der Waals surface area contributed by atoms with Gasteiger partial charge in [-0.05, 0) is 55.7 Å². The Balaban J connectivity index is 1.65. The lowest BCUT2D eigenvalue weighted by atomic mass is 10.1. The number of nitrogens with zero attached hydrogens (tertiary/aromatic N) is 1. The van der Waals surface area contributed by atoms with E-state index < -0.39 is 16.1 Å². The summed E-state index contributed by atoms with van der Waals surface area (Å²) in [6.07, 6.45) is 2.07. The van der Waals surface area contributed by atoms with Gasteiger partial charge in [-0.15, -0.1) is 0 Å². The first kappa shape index (κ1) is 24.5. The summed E-state index contributed by atoms with van der Waals surface area (Å²) in [6.45, 7) is 1.55. The van der Waals surface area contributed by atoms with Gasteiger partial charge in [0.05, 0.1) is 12.0 Å². The summed E-state index contributed by atoms with van der Waals surface area (Å²) < 4.78 is 37.9. The minimum atomic E-state index is -3.82. The number of rotatable bonds is 10. The van der Waals surface area contributed by atoms with Crippen molar-refractivity contribution in [3.8, 4) is 5.75 Å². The number of anilines is 1. The summed E-state index contributed by atoms with van der Waals surface area (Å²) in [6, 6.07) is 11.8. The van der Waals surface area contributed by atoms with E-state index in [0.717, 1.165) is 6.42 Å². The third-order valence-electron chi connectivity index (χ3n) is 5.38. The Morgan fingerprint density at radius 2 is 1.88 bits per heavy atom. The highest BCUT2D eigenvalue weighted by Gasteiger charge is 2.34. The van der Waals surface area contributed by atoms with Crippen molar-refractivity contribution < 1.29 is 27.5 Å². The zero-order chi connectivity index (χ0) is 23.8. The van der Waals surface area contributed by atoms with E-state index in [-0.39, 0.29) is 16.7 Å². The molecule has 1 aliphatic rings. The zero-order valence-electron chi connectivity index (χ0n) is 18.7. The highest BCUT2D eigenvalue weighted by Crippen LogP contribution is 2.23. The molecule has 0 radical (unpaired) electrons. The second kappa shape index (κ2) is 11.2. The van der Waals surface area contributed by atoms with Crippen molar-refractivity contribution >= 4 is 27.5 Å². The number of likely N-dealkylation sites (tertiary alicyclic amines) is 1. The summed E-state index contributed by atoms with van der Waals surface area (Å²) in [5.74, 6) is 0.00749. The van der Waals surface area contributed by atoms with Crippen molar-refractivity contribution in [3.63, 3.8) is 0 Å². The maximum absolute atomic E-state index is 13.0. The minimum absolute atomic E-state index is 0.0680. The van der Waals surface area contributed by atoms with Crippen LogP contribution in [0.25, 0.3) is 0 Å². The summed E-state index contributed by atoms with van der Waals surface area (Å²) in [4.78, 5) is 27.2. The highest BCUT2D eigenvalue weighted by atomic mass is 32.2. The molecule has 3 rings (SSSR count). The molecule has 2 aromatic carbocycles. The molecular formula is C23H29N3O6S. The van der Waals surface area contributed by atoms with Gasteiger partial charge in [-0.25, -0.2) is 8.42 Å². The van der Waals surface area contributed by atoms with E-state index in [1.54, 1.807) is 36.3 Å². The van der Waals surface area contributed by atoms with Crippen LogP contribution in [0.2, 0.25) is 0 Å². The Labute approximate surface area is 194 Å². The molecule has 10 heteroatoms. The van der Waals surface area contributed by atoms with Crippen LogP contribution < -0.4 is 14.8 Å². The van der Waals surface area contributed by atoms with Crippen LogP contribution in [0.4, 0.5) is 5.69 Å². The number of benzene rings is 2. The van der Waals surface area contributed by atoms with Crippen molar-refractivity contribution in [2.75, 3.05) is 38.6 Å². The third-order valence-corrected chi connectivity index (χ3v) is 6.76. The number of sulfonamides is 1. The fourth-order valence-electron chi connectivity index (χ4n) is 3.66. The van der Waals surface area contributed by atoms with Crippen LogP contribution in [-0.4, -0.2) is 65.1 Å². The normalized spacial score (nSPS) is 15.8. The molecule has 9 nitrogen and oxygen atoms in total. The lowest BCUT2D eigenvalue weighted by molar-refractivity contribution is -0.124. The van der Waals surface area contributed by atoms with E-state index in [4.69, 9.17) is 9.47 Å². The van der Waals surface area contributed by atoms with E-state index in [0.29, 0.717) is 49.5 Å². The average Bonchev–Trinajstić information content (AvgIpc) is 3.32. The molecule has 0 spiro atoms. The molecule has 0 bridgehead atoms. The van der Waals surface area contributed by atoms with Crippen molar-refractivity contribution in [2.24, 2.45) is 0 Å². The smallest absolute Gasteiger partial charge is 0.262 e. The van der Waals surface area contributed by atoms with Crippen molar-refractivity contribution in [1.82, 2.24) is 10.2 Å². The Hall–Kier alpha value is -3.11. The molecule has 0 aliphatic carbocycles. The third kappa shape index (κ3) is 6.23. The van der Waals surface area contributed by atoms with Crippen molar-refractivity contribution in [1.29, 1.82) is 0 Å².